The molecule has 2 amide bonds. The maximum Gasteiger partial charge on any atom is 0.430 e. The molecule has 2 fully saturated rings. The van der Waals surface area contributed by atoms with Gasteiger partial charge in [0.25, 0.3) is 11.5 Å². The van der Waals surface area contributed by atoms with Crippen LogP contribution in [0.25, 0.3) is 0 Å². The molecule has 1 N–H and O–H groups in total. The highest BCUT2D eigenvalue weighted by molar-refractivity contribution is 5.88. The fourth-order valence-electron chi connectivity index (χ4n) is 5.87. The molecule has 2 aromatic carbocycles. The Morgan fingerprint density at radius 1 is 1.06 bits per heavy atom. The van der Waals surface area contributed by atoms with Crippen molar-refractivity contribution in [2.24, 2.45) is 5.41 Å². The van der Waals surface area contributed by atoms with Crippen LogP contribution < -0.4 is 10.2 Å². The smallest absolute Gasteiger partial charge is 0.377 e. The summed E-state index contributed by atoms with van der Waals surface area (Å²) < 4.78 is 48.3. The second-order valence-electron chi connectivity index (χ2n) is 9.89. The summed E-state index contributed by atoms with van der Waals surface area (Å²) in [5.41, 5.74) is -1.66. The van der Waals surface area contributed by atoms with Gasteiger partial charge >= 0.3 is 6.18 Å². The zero-order valence-corrected chi connectivity index (χ0v) is 20.8. The first-order valence-corrected chi connectivity index (χ1v) is 12.1. The van der Waals surface area contributed by atoms with E-state index in [9.17, 15) is 22.8 Å². The van der Waals surface area contributed by atoms with E-state index in [1.165, 1.54) is 29.2 Å². The first-order valence-electron chi connectivity index (χ1n) is 12.1. The van der Waals surface area contributed by atoms with Crippen LogP contribution in [0.15, 0.2) is 54.6 Å². The number of hydrogen-bond donors (Lipinski definition) is 1. The topological polar surface area (TPSA) is 61.9 Å². The van der Waals surface area contributed by atoms with Crippen LogP contribution in [0.3, 0.4) is 0 Å². The Labute approximate surface area is 209 Å². The van der Waals surface area contributed by atoms with Gasteiger partial charge in [0.05, 0.1) is 0 Å². The molecule has 0 bridgehead atoms. The Morgan fingerprint density at radius 2 is 1.67 bits per heavy atom. The van der Waals surface area contributed by atoms with Crippen molar-refractivity contribution < 1.29 is 27.5 Å². The van der Waals surface area contributed by atoms with E-state index in [0.717, 1.165) is 18.4 Å². The van der Waals surface area contributed by atoms with Crippen molar-refractivity contribution in [1.29, 1.82) is 0 Å². The monoisotopic (exact) mass is 503 g/mol. The third-order valence-corrected chi connectivity index (χ3v) is 7.78. The van der Waals surface area contributed by atoms with Crippen molar-refractivity contribution in [1.82, 2.24) is 10.2 Å². The van der Waals surface area contributed by atoms with Gasteiger partial charge < -0.3 is 19.9 Å². The number of ether oxygens (including phenoxy) is 1. The molecule has 2 saturated heterocycles. The molecule has 9 heteroatoms. The Hall–Kier alpha value is -3.07. The summed E-state index contributed by atoms with van der Waals surface area (Å²) in [5, 5.41) is 2.97. The summed E-state index contributed by atoms with van der Waals surface area (Å²) in [4.78, 5) is 29.3. The van der Waals surface area contributed by atoms with Crippen molar-refractivity contribution in [3.8, 4) is 0 Å². The quantitative estimate of drug-likeness (QED) is 0.669. The van der Waals surface area contributed by atoms with E-state index < -0.39 is 23.1 Å². The number of rotatable bonds is 5. The molecule has 2 aliphatic rings. The lowest BCUT2D eigenvalue weighted by atomic mass is 9.62. The number of carbonyl (C=O) groups excluding carboxylic acids is 2. The first kappa shape index (κ1) is 26.0. The van der Waals surface area contributed by atoms with Crippen molar-refractivity contribution >= 4 is 17.5 Å². The SMILES string of the molecule is CO[C@@](C(=O)N1CCC2(CC1)CC(=O)NC[C@@H]2c1ccccc1N(C)C)(c1ccccc1)C(F)(F)F. The molecule has 0 saturated carbocycles. The van der Waals surface area contributed by atoms with E-state index in [1.54, 1.807) is 6.07 Å². The molecule has 2 atom stereocenters. The molecule has 36 heavy (non-hydrogen) atoms. The minimum atomic E-state index is -4.95. The van der Waals surface area contributed by atoms with Crippen LogP contribution in [0.1, 0.15) is 36.3 Å². The van der Waals surface area contributed by atoms with Gasteiger partial charge in [0.2, 0.25) is 5.91 Å². The molecule has 4 rings (SSSR count). The summed E-state index contributed by atoms with van der Waals surface area (Å²) in [7, 11) is 4.84. The second-order valence-corrected chi connectivity index (χ2v) is 9.89. The molecule has 0 aliphatic carbocycles. The third kappa shape index (κ3) is 4.34. The van der Waals surface area contributed by atoms with Crippen LogP contribution >= 0.6 is 0 Å². The van der Waals surface area contributed by atoms with Gasteiger partial charge in [-0.05, 0) is 29.9 Å². The number of alkyl halides is 3. The summed E-state index contributed by atoms with van der Waals surface area (Å²) in [6, 6.07) is 15.0. The Morgan fingerprint density at radius 3 is 2.25 bits per heavy atom. The van der Waals surface area contributed by atoms with Crippen LogP contribution in [0, 0.1) is 5.41 Å². The number of nitrogens with zero attached hydrogens (tertiary/aromatic N) is 2. The number of anilines is 1. The van der Waals surface area contributed by atoms with Crippen molar-refractivity contribution in [2.45, 2.75) is 37.0 Å². The molecule has 0 radical (unpaired) electrons. The lowest BCUT2D eigenvalue weighted by Crippen LogP contribution is -2.60. The van der Waals surface area contributed by atoms with E-state index in [4.69, 9.17) is 4.74 Å². The lowest BCUT2D eigenvalue weighted by Gasteiger charge is -2.50. The zero-order chi connectivity index (χ0) is 26.1. The van der Waals surface area contributed by atoms with E-state index in [1.807, 2.05) is 43.3 Å². The molecule has 0 aromatic heterocycles. The molecule has 1 spiro atoms. The Bertz CT molecular complexity index is 1100. The normalized spacial score (nSPS) is 21.6. The van der Waals surface area contributed by atoms with Gasteiger partial charge in [0.15, 0.2) is 0 Å². The summed E-state index contributed by atoms with van der Waals surface area (Å²) in [5.74, 6) is -1.21. The molecule has 2 aromatic rings. The van der Waals surface area contributed by atoms with E-state index in [0.29, 0.717) is 19.4 Å². The Kier molecular flexibility index (Phi) is 7.05. The average Bonchev–Trinajstić information content (AvgIpc) is 2.85. The number of amides is 2. The van der Waals surface area contributed by atoms with Crippen LogP contribution in [-0.4, -0.2) is 63.7 Å². The minimum Gasteiger partial charge on any atom is -0.377 e. The lowest BCUT2D eigenvalue weighted by molar-refractivity contribution is -0.271. The number of methoxy groups -OCH3 is 1. The van der Waals surface area contributed by atoms with Gasteiger partial charge in [-0.1, -0.05) is 48.5 Å². The fourth-order valence-corrected chi connectivity index (χ4v) is 5.87. The number of nitrogens with one attached hydrogen (secondary N) is 1. The molecule has 0 unspecified atom stereocenters. The van der Waals surface area contributed by atoms with Gasteiger partial charge in [-0.15, -0.1) is 0 Å². The number of hydrogen-bond acceptors (Lipinski definition) is 4. The van der Waals surface area contributed by atoms with E-state index >= 15 is 0 Å². The predicted octanol–water partition coefficient (Wildman–Crippen LogP) is 4.07. The molecule has 6 nitrogen and oxygen atoms in total. The predicted molar refractivity (Wildman–Crippen MR) is 131 cm³/mol. The van der Waals surface area contributed by atoms with Gasteiger partial charge in [-0.3, -0.25) is 9.59 Å². The number of benzene rings is 2. The van der Waals surface area contributed by atoms with Gasteiger partial charge in [0, 0.05) is 64.4 Å². The van der Waals surface area contributed by atoms with Gasteiger partial charge in [-0.2, -0.15) is 13.2 Å². The summed E-state index contributed by atoms with van der Waals surface area (Å²) >= 11 is 0. The standard InChI is InChI=1S/C27H32F3N3O3/c1-32(2)22-12-8-7-11-20(22)21-18-31-23(34)17-25(21)13-15-33(16-14-25)24(35)26(36-3,27(28,29)30)19-9-5-4-6-10-19/h4-12,21H,13-18H2,1-3H3,(H,31,34)/t21-,26-/m1/s1. The number of carbonyl (C=O) groups is 2. The van der Waals surface area contributed by atoms with Gasteiger partial charge in [0.1, 0.15) is 0 Å². The molecular weight excluding hydrogens is 471 g/mol. The average molecular weight is 504 g/mol. The van der Waals surface area contributed by atoms with Crippen LogP contribution in [0.2, 0.25) is 0 Å². The van der Waals surface area contributed by atoms with Crippen LogP contribution in [-0.2, 0) is 19.9 Å². The number of piperidine rings is 2. The highest BCUT2D eigenvalue weighted by atomic mass is 19.4. The largest absolute Gasteiger partial charge is 0.430 e. The Balaban J connectivity index is 1.65. The number of halogens is 3. The maximum absolute atomic E-state index is 14.4. The van der Waals surface area contributed by atoms with Gasteiger partial charge in [-0.25, -0.2) is 0 Å². The highest BCUT2D eigenvalue weighted by Crippen LogP contribution is 2.51. The third-order valence-electron chi connectivity index (χ3n) is 7.78. The van der Waals surface area contributed by atoms with Crippen molar-refractivity contribution in [2.75, 3.05) is 45.7 Å². The van der Waals surface area contributed by atoms with E-state index in [2.05, 4.69) is 5.32 Å². The van der Waals surface area contributed by atoms with Crippen molar-refractivity contribution in [3.05, 3.63) is 65.7 Å². The number of para-hydroxylation sites is 1. The minimum absolute atomic E-state index is 0.0185. The maximum atomic E-state index is 14.4. The fraction of sp³-hybridized carbons (Fsp3) is 0.481. The summed E-state index contributed by atoms with van der Waals surface area (Å²) in [6.07, 6.45) is -3.84. The molecular formula is C27H32F3N3O3. The van der Waals surface area contributed by atoms with E-state index in [-0.39, 0.29) is 36.9 Å². The zero-order valence-electron chi connectivity index (χ0n) is 20.8. The second kappa shape index (κ2) is 9.76. The summed E-state index contributed by atoms with van der Waals surface area (Å²) in [6.45, 7) is 0.674. The first-order chi connectivity index (χ1) is 17.1. The molecule has 2 heterocycles. The van der Waals surface area contributed by atoms with Crippen LogP contribution in [0.5, 0.6) is 0 Å². The van der Waals surface area contributed by atoms with Crippen LogP contribution in [0.4, 0.5) is 18.9 Å². The molecule has 194 valence electrons. The highest BCUT2D eigenvalue weighted by Gasteiger charge is 2.64. The number of likely N-dealkylation sites (tertiary alicyclic amines) is 1. The molecule has 2 aliphatic heterocycles. The van der Waals surface area contributed by atoms with Crippen molar-refractivity contribution in [3.63, 3.8) is 0 Å².